The Labute approximate surface area is 127 Å². The molecular weight excluding hydrogens is 289 g/mol. The molecule has 120 valence electrons. The summed E-state index contributed by atoms with van der Waals surface area (Å²) in [6.45, 7) is 6.81. The van der Waals surface area contributed by atoms with Crippen LogP contribution in [0.2, 0.25) is 0 Å². The van der Waals surface area contributed by atoms with E-state index in [-0.39, 0.29) is 23.0 Å². The normalized spacial score (nSPS) is 14.1. The quantitative estimate of drug-likeness (QED) is 0.841. The predicted molar refractivity (Wildman–Crippen MR) is 85.8 cm³/mol. The maximum atomic E-state index is 14.0. The van der Waals surface area contributed by atoms with Crippen LogP contribution in [0.5, 0.6) is 0 Å². The van der Waals surface area contributed by atoms with E-state index in [0.29, 0.717) is 24.9 Å². The first-order chi connectivity index (χ1) is 9.58. The van der Waals surface area contributed by atoms with Crippen LogP contribution in [0.1, 0.15) is 45.1 Å². The number of benzene rings is 1. The van der Waals surface area contributed by atoms with Gasteiger partial charge in [0.25, 0.3) is 0 Å². The van der Waals surface area contributed by atoms with Crippen molar-refractivity contribution in [3.05, 3.63) is 35.6 Å². The molecule has 0 aromatic heterocycles. The molecule has 0 saturated carbocycles. The molecule has 0 aliphatic rings. The first kappa shape index (κ1) is 18.1. The average molecular weight is 315 g/mol. The second-order valence-electron chi connectivity index (χ2n) is 6.62. The average Bonchev–Trinajstić information content (AvgIpc) is 2.32. The number of hydrogen-bond acceptors (Lipinski definition) is 3. The highest BCUT2D eigenvalue weighted by atomic mass is 32.2. The topological polar surface area (TPSA) is 46.2 Å². The summed E-state index contributed by atoms with van der Waals surface area (Å²) in [5, 5.41) is 3.38. The minimum absolute atomic E-state index is 0.0211. The van der Waals surface area contributed by atoms with Crippen molar-refractivity contribution < 1.29 is 12.8 Å². The van der Waals surface area contributed by atoms with Gasteiger partial charge >= 0.3 is 0 Å². The van der Waals surface area contributed by atoms with Crippen LogP contribution < -0.4 is 5.32 Å². The Morgan fingerprint density at radius 2 is 1.86 bits per heavy atom. The van der Waals surface area contributed by atoms with Crippen molar-refractivity contribution in [2.45, 2.75) is 45.1 Å². The smallest absolute Gasteiger partial charge is 0.147 e. The summed E-state index contributed by atoms with van der Waals surface area (Å²) in [6, 6.07) is 6.73. The number of rotatable bonds is 7. The summed E-state index contributed by atoms with van der Waals surface area (Å²) >= 11 is 0. The zero-order chi connectivity index (χ0) is 16.1. The molecule has 1 rings (SSSR count). The summed E-state index contributed by atoms with van der Waals surface area (Å²) in [5.74, 6) is -0.0993. The number of hydrogen-bond donors (Lipinski definition) is 1. The second-order valence-corrected chi connectivity index (χ2v) is 8.88. The molecule has 21 heavy (non-hydrogen) atoms. The van der Waals surface area contributed by atoms with Crippen molar-refractivity contribution >= 4 is 9.84 Å². The molecule has 5 heteroatoms. The van der Waals surface area contributed by atoms with E-state index in [9.17, 15) is 12.8 Å². The van der Waals surface area contributed by atoms with Crippen molar-refractivity contribution in [3.63, 3.8) is 0 Å². The molecule has 1 aromatic carbocycles. The van der Waals surface area contributed by atoms with Gasteiger partial charge in [0.15, 0.2) is 0 Å². The van der Waals surface area contributed by atoms with E-state index in [4.69, 9.17) is 0 Å². The molecule has 0 saturated heterocycles. The molecule has 0 bridgehead atoms. The lowest BCUT2D eigenvalue weighted by Crippen LogP contribution is -2.38. The van der Waals surface area contributed by atoms with Crippen molar-refractivity contribution in [1.82, 2.24) is 5.32 Å². The van der Waals surface area contributed by atoms with Crippen molar-refractivity contribution in [2.75, 3.05) is 18.6 Å². The van der Waals surface area contributed by atoms with E-state index in [0.717, 1.165) is 0 Å². The number of halogens is 1. The molecule has 0 spiro atoms. The monoisotopic (exact) mass is 315 g/mol. The van der Waals surface area contributed by atoms with E-state index in [1.165, 1.54) is 12.3 Å². The summed E-state index contributed by atoms with van der Waals surface area (Å²) in [6.07, 6.45) is 2.43. The van der Waals surface area contributed by atoms with Gasteiger partial charge < -0.3 is 5.32 Å². The molecule has 0 fully saturated rings. The fourth-order valence-electron chi connectivity index (χ4n) is 2.20. The molecule has 0 heterocycles. The van der Waals surface area contributed by atoms with Gasteiger partial charge in [-0.25, -0.2) is 12.8 Å². The second kappa shape index (κ2) is 7.36. The molecule has 0 amide bonds. The van der Waals surface area contributed by atoms with Gasteiger partial charge in [0, 0.05) is 24.1 Å². The largest absolute Gasteiger partial charge is 0.311 e. The van der Waals surface area contributed by atoms with Gasteiger partial charge in [-0.3, -0.25) is 0 Å². The van der Waals surface area contributed by atoms with E-state index in [1.807, 2.05) is 6.07 Å². The molecule has 0 radical (unpaired) electrons. The molecule has 3 nitrogen and oxygen atoms in total. The Morgan fingerprint density at radius 1 is 1.24 bits per heavy atom. The molecule has 1 unspecified atom stereocenters. The molecule has 0 aliphatic carbocycles. The summed E-state index contributed by atoms with van der Waals surface area (Å²) < 4.78 is 36.5. The molecular formula is C16H26FNO2S. The van der Waals surface area contributed by atoms with Crippen LogP contribution in [0, 0.1) is 5.82 Å². The highest BCUT2D eigenvalue weighted by Gasteiger charge is 2.19. The minimum atomic E-state index is -2.97. The van der Waals surface area contributed by atoms with Crippen LogP contribution in [0.3, 0.4) is 0 Å². The standard InChI is InChI=1S/C16H26FNO2S/c1-16(2,3)18-12-13(8-7-11-21(4,19)20)14-9-5-6-10-15(14)17/h5-6,9-10,13,18H,7-8,11-12H2,1-4H3. The molecule has 1 atom stereocenters. The van der Waals surface area contributed by atoms with Crippen LogP contribution in [-0.2, 0) is 9.84 Å². The van der Waals surface area contributed by atoms with Gasteiger partial charge in [0.1, 0.15) is 15.7 Å². The van der Waals surface area contributed by atoms with Gasteiger partial charge in [-0.1, -0.05) is 18.2 Å². The van der Waals surface area contributed by atoms with Gasteiger partial charge in [0.05, 0.1) is 0 Å². The summed E-state index contributed by atoms with van der Waals surface area (Å²) in [7, 11) is -2.97. The van der Waals surface area contributed by atoms with Crippen LogP contribution in [0.15, 0.2) is 24.3 Å². The van der Waals surface area contributed by atoms with Crippen LogP contribution in [0.25, 0.3) is 0 Å². The molecule has 0 aliphatic heterocycles. The Morgan fingerprint density at radius 3 is 2.38 bits per heavy atom. The van der Waals surface area contributed by atoms with Crippen LogP contribution >= 0.6 is 0 Å². The van der Waals surface area contributed by atoms with Crippen molar-refractivity contribution in [3.8, 4) is 0 Å². The highest BCUT2D eigenvalue weighted by molar-refractivity contribution is 7.90. The van der Waals surface area contributed by atoms with E-state index in [1.54, 1.807) is 12.1 Å². The molecule has 1 N–H and O–H groups in total. The maximum Gasteiger partial charge on any atom is 0.147 e. The Balaban J connectivity index is 2.77. The van der Waals surface area contributed by atoms with Crippen molar-refractivity contribution in [1.29, 1.82) is 0 Å². The Kier molecular flexibility index (Phi) is 6.35. The van der Waals surface area contributed by atoms with E-state index < -0.39 is 9.84 Å². The third kappa shape index (κ3) is 7.58. The lowest BCUT2D eigenvalue weighted by atomic mass is 9.93. The Hall–Kier alpha value is -0.940. The lowest BCUT2D eigenvalue weighted by molar-refractivity contribution is 0.393. The number of sulfone groups is 1. The third-order valence-corrected chi connectivity index (χ3v) is 4.32. The highest BCUT2D eigenvalue weighted by Crippen LogP contribution is 2.24. The summed E-state index contributed by atoms with van der Waals surface area (Å²) in [5.41, 5.74) is 0.600. The summed E-state index contributed by atoms with van der Waals surface area (Å²) in [4.78, 5) is 0. The molecule has 1 aromatic rings. The van der Waals surface area contributed by atoms with Gasteiger partial charge in [-0.05, 0) is 51.2 Å². The van der Waals surface area contributed by atoms with E-state index in [2.05, 4.69) is 26.1 Å². The first-order valence-corrected chi connectivity index (χ1v) is 9.32. The third-order valence-electron chi connectivity index (χ3n) is 3.29. The fourth-order valence-corrected chi connectivity index (χ4v) is 2.89. The fraction of sp³-hybridized carbons (Fsp3) is 0.625. The predicted octanol–water partition coefficient (Wildman–Crippen LogP) is 3.12. The maximum absolute atomic E-state index is 14.0. The van der Waals surface area contributed by atoms with Gasteiger partial charge in [0.2, 0.25) is 0 Å². The van der Waals surface area contributed by atoms with Gasteiger partial charge in [-0.2, -0.15) is 0 Å². The SMILES string of the molecule is CC(C)(C)NCC(CCCS(C)(=O)=O)c1ccccc1F. The van der Waals surface area contributed by atoms with E-state index >= 15 is 0 Å². The zero-order valence-electron chi connectivity index (χ0n) is 13.3. The van der Waals surface area contributed by atoms with Gasteiger partial charge in [-0.15, -0.1) is 0 Å². The van der Waals surface area contributed by atoms with Crippen molar-refractivity contribution in [2.24, 2.45) is 0 Å². The van der Waals surface area contributed by atoms with Crippen LogP contribution in [0.4, 0.5) is 4.39 Å². The number of nitrogens with one attached hydrogen (secondary N) is 1. The lowest BCUT2D eigenvalue weighted by Gasteiger charge is -2.26. The Bertz CT molecular complexity index is 550. The first-order valence-electron chi connectivity index (χ1n) is 7.26. The zero-order valence-corrected chi connectivity index (χ0v) is 14.1. The minimum Gasteiger partial charge on any atom is -0.311 e. The van der Waals surface area contributed by atoms with Crippen LogP contribution in [-0.4, -0.2) is 32.5 Å².